The number of ether oxygens (including phenoxy) is 1. The lowest BCUT2D eigenvalue weighted by atomic mass is 9.84. The normalized spacial score (nSPS) is 17.1. The maximum atomic E-state index is 10.6. The summed E-state index contributed by atoms with van der Waals surface area (Å²) in [6.07, 6.45) is 1.30. The van der Waals surface area contributed by atoms with Crippen LogP contribution in [0, 0.1) is 11.3 Å². The Bertz CT molecular complexity index is 125. The van der Waals surface area contributed by atoms with Gasteiger partial charge in [-0.1, -0.05) is 27.7 Å². The van der Waals surface area contributed by atoms with Crippen LogP contribution in [0.5, 0.6) is 0 Å². The minimum atomic E-state index is -0.873. The SMILES string of the molecule is CC(CCOC(C)[O])CC(C)(C)C. The maximum absolute atomic E-state index is 10.6. The molecule has 0 bridgehead atoms. The van der Waals surface area contributed by atoms with E-state index in [-0.39, 0.29) is 0 Å². The third kappa shape index (κ3) is 9.84. The Morgan fingerprint density at radius 3 is 2.15 bits per heavy atom. The quantitative estimate of drug-likeness (QED) is 0.607. The standard InChI is InChI=1S/C11H23O2/c1-9(8-11(3,4)5)6-7-13-10(2)12/h9-10H,6-8H2,1-5H3. The van der Waals surface area contributed by atoms with Crippen LogP contribution in [0.15, 0.2) is 0 Å². The Hall–Kier alpha value is -0.0800. The molecule has 79 valence electrons. The summed E-state index contributed by atoms with van der Waals surface area (Å²) in [5.41, 5.74) is 0.377. The summed E-state index contributed by atoms with van der Waals surface area (Å²) in [5.74, 6) is 0.638. The molecule has 0 saturated heterocycles. The molecule has 0 fully saturated rings. The molecule has 1 radical (unpaired) electrons. The van der Waals surface area contributed by atoms with Gasteiger partial charge < -0.3 is 4.74 Å². The van der Waals surface area contributed by atoms with E-state index in [9.17, 15) is 5.11 Å². The van der Waals surface area contributed by atoms with Crippen LogP contribution in [0.1, 0.15) is 47.5 Å². The summed E-state index contributed by atoms with van der Waals surface area (Å²) in [6, 6.07) is 0. The van der Waals surface area contributed by atoms with Crippen LogP contribution in [0.3, 0.4) is 0 Å². The lowest BCUT2D eigenvalue weighted by Crippen LogP contribution is -2.14. The van der Waals surface area contributed by atoms with Crippen molar-refractivity contribution in [3.63, 3.8) is 0 Å². The van der Waals surface area contributed by atoms with Crippen LogP contribution < -0.4 is 0 Å². The molecule has 2 unspecified atom stereocenters. The van der Waals surface area contributed by atoms with Crippen LogP contribution in [0.25, 0.3) is 0 Å². The van der Waals surface area contributed by atoms with Crippen LogP contribution in [-0.4, -0.2) is 12.9 Å². The van der Waals surface area contributed by atoms with E-state index >= 15 is 0 Å². The van der Waals surface area contributed by atoms with E-state index < -0.39 is 6.29 Å². The molecule has 2 nitrogen and oxygen atoms in total. The van der Waals surface area contributed by atoms with Crippen molar-refractivity contribution in [2.24, 2.45) is 11.3 Å². The van der Waals surface area contributed by atoms with Crippen LogP contribution in [0.4, 0.5) is 0 Å². The zero-order valence-corrected chi connectivity index (χ0v) is 9.59. The van der Waals surface area contributed by atoms with Gasteiger partial charge in [0.15, 0.2) is 6.29 Å². The molecule has 13 heavy (non-hydrogen) atoms. The average Bonchev–Trinajstić information content (AvgIpc) is 1.81. The van der Waals surface area contributed by atoms with Gasteiger partial charge in [0.05, 0.1) is 6.61 Å². The molecule has 0 aromatic rings. The second kappa shape index (κ2) is 5.61. The predicted molar refractivity (Wildman–Crippen MR) is 54.0 cm³/mol. The number of rotatable bonds is 5. The molecule has 2 atom stereocenters. The molecule has 0 aliphatic rings. The molecule has 0 aromatic heterocycles. The van der Waals surface area contributed by atoms with Crippen LogP contribution in [-0.2, 0) is 9.84 Å². The first kappa shape index (κ1) is 12.9. The Kier molecular flexibility index (Phi) is 5.57. The van der Waals surface area contributed by atoms with Crippen LogP contribution in [0.2, 0.25) is 0 Å². The van der Waals surface area contributed by atoms with Gasteiger partial charge in [-0.05, 0) is 31.1 Å². The average molecular weight is 187 g/mol. The Morgan fingerprint density at radius 2 is 1.77 bits per heavy atom. The van der Waals surface area contributed by atoms with Crippen molar-refractivity contribution in [2.45, 2.75) is 53.8 Å². The van der Waals surface area contributed by atoms with Gasteiger partial charge in [-0.15, -0.1) is 0 Å². The molecule has 0 aliphatic carbocycles. The Labute approximate surface area is 82.3 Å². The fourth-order valence-corrected chi connectivity index (χ4v) is 1.58. The first-order chi connectivity index (χ1) is 5.81. The zero-order chi connectivity index (χ0) is 10.5. The van der Waals surface area contributed by atoms with Crippen molar-refractivity contribution in [1.29, 1.82) is 0 Å². The summed E-state index contributed by atoms with van der Waals surface area (Å²) < 4.78 is 4.97. The monoisotopic (exact) mass is 187 g/mol. The van der Waals surface area contributed by atoms with Gasteiger partial charge in [0, 0.05) is 0 Å². The van der Waals surface area contributed by atoms with Gasteiger partial charge in [-0.2, -0.15) is 0 Å². The van der Waals surface area contributed by atoms with Crippen molar-refractivity contribution in [3.05, 3.63) is 0 Å². The van der Waals surface area contributed by atoms with Crippen molar-refractivity contribution in [2.75, 3.05) is 6.61 Å². The Balaban J connectivity index is 3.46. The molecule has 0 N–H and O–H groups in total. The second-order valence-corrected chi connectivity index (χ2v) is 5.10. The van der Waals surface area contributed by atoms with Crippen molar-refractivity contribution in [3.8, 4) is 0 Å². The number of hydrogen-bond acceptors (Lipinski definition) is 1. The highest BCUT2D eigenvalue weighted by molar-refractivity contribution is 4.66. The lowest BCUT2D eigenvalue weighted by Gasteiger charge is -2.23. The molecule has 0 saturated carbocycles. The summed E-state index contributed by atoms with van der Waals surface area (Å²) in [5, 5.41) is 10.6. The van der Waals surface area contributed by atoms with Gasteiger partial charge in [0.25, 0.3) is 0 Å². The van der Waals surface area contributed by atoms with Crippen molar-refractivity contribution in [1.82, 2.24) is 0 Å². The van der Waals surface area contributed by atoms with E-state index in [1.807, 2.05) is 0 Å². The molecule has 0 heterocycles. The third-order valence-electron chi connectivity index (χ3n) is 1.92. The molecule has 0 amide bonds. The topological polar surface area (TPSA) is 29.1 Å². The molecule has 0 spiro atoms. The summed E-state index contributed by atoms with van der Waals surface area (Å²) in [6.45, 7) is 11.1. The first-order valence-electron chi connectivity index (χ1n) is 5.08. The fourth-order valence-electron chi connectivity index (χ4n) is 1.58. The van der Waals surface area contributed by atoms with Gasteiger partial charge in [-0.3, -0.25) is 0 Å². The van der Waals surface area contributed by atoms with E-state index in [0.717, 1.165) is 6.42 Å². The van der Waals surface area contributed by atoms with E-state index in [0.29, 0.717) is 17.9 Å². The van der Waals surface area contributed by atoms with E-state index in [1.54, 1.807) is 0 Å². The predicted octanol–water partition coefficient (Wildman–Crippen LogP) is 3.24. The smallest absolute Gasteiger partial charge is 0.188 e. The fraction of sp³-hybridized carbons (Fsp3) is 1.00. The largest absolute Gasteiger partial charge is 0.350 e. The van der Waals surface area contributed by atoms with Gasteiger partial charge in [0.1, 0.15) is 0 Å². The second-order valence-electron chi connectivity index (χ2n) is 5.10. The van der Waals surface area contributed by atoms with Gasteiger partial charge in [0.2, 0.25) is 0 Å². The van der Waals surface area contributed by atoms with Crippen LogP contribution >= 0.6 is 0 Å². The Morgan fingerprint density at radius 1 is 1.23 bits per heavy atom. The van der Waals surface area contributed by atoms with E-state index in [2.05, 4.69) is 27.7 Å². The molecule has 2 heteroatoms. The van der Waals surface area contributed by atoms with E-state index in [4.69, 9.17) is 4.74 Å². The van der Waals surface area contributed by atoms with Crippen molar-refractivity contribution >= 4 is 0 Å². The van der Waals surface area contributed by atoms with Gasteiger partial charge >= 0.3 is 0 Å². The van der Waals surface area contributed by atoms with Crippen molar-refractivity contribution < 1.29 is 9.84 Å². The minimum Gasteiger partial charge on any atom is -0.350 e. The highest BCUT2D eigenvalue weighted by Gasteiger charge is 2.15. The first-order valence-corrected chi connectivity index (χ1v) is 5.08. The summed E-state index contributed by atoms with van der Waals surface area (Å²) in [4.78, 5) is 0. The molecular formula is C11H23O2. The summed E-state index contributed by atoms with van der Waals surface area (Å²) >= 11 is 0. The number of hydrogen-bond donors (Lipinski definition) is 0. The van der Waals surface area contributed by atoms with E-state index in [1.165, 1.54) is 13.3 Å². The maximum Gasteiger partial charge on any atom is 0.188 e. The van der Waals surface area contributed by atoms with Gasteiger partial charge in [-0.25, -0.2) is 5.11 Å². The molecular weight excluding hydrogens is 164 g/mol. The lowest BCUT2D eigenvalue weighted by molar-refractivity contribution is -0.129. The molecule has 0 rings (SSSR count). The third-order valence-corrected chi connectivity index (χ3v) is 1.92. The molecule has 0 aromatic carbocycles. The highest BCUT2D eigenvalue weighted by atomic mass is 16.6. The molecule has 0 aliphatic heterocycles. The highest BCUT2D eigenvalue weighted by Crippen LogP contribution is 2.25. The zero-order valence-electron chi connectivity index (χ0n) is 9.59. The summed E-state index contributed by atoms with van der Waals surface area (Å²) in [7, 11) is 0. The minimum absolute atomic E-state index is 0.377.